The van der Waals surface area contributed by atoms with Gasteiger partial charge >= 0.3 is 5.97 Å². The highest BCUT2D eigenvalue weighted by atomic mass is 31.1. The first-order valence-corrected chi connectivity index (χ1v) is 7.28. The summed E-state index contributed by atoms with van der Waals surface area (Å²) in [5.74, 6) is -0.693. The second kappa shape index (κ2) is 9.11. The van der Waals surface area contributed by atoms with Gasteiger partial charge in [-0.3, -0.25) is 4.79 Å². The summed E-state index contributed by atoms with van der Waals surface area (Å²) < 4.78 is 5.72. The molecule has 0 aliphatic carbocycles. The fourth-order valence-corrected chi connectivity index (χ4v) is 3.78. The van der Waals surface area contributed by atoms with Crippen LogP contribution in [-0.2, 0) is 9.32 Å². The van der Waals surface area contributed by atoms with Crippen LogP contribution in [0.5, 0.6) is 0 Å². The normalized spacial score (nSPS) is 14.9. The van der Waals surface area contributed by atoms with Gasteiger partial charge in [-0.1, -0.05) is 13.8 Å². The molecule has 15 heavy (non-hydrogen) atoms. The molecular weight excluding hydrogens is 211 g/mol. The van der Waals surface area contributed by atoms with Crippen molar-refractivity contribution in [2.45, 2.75) is 52.1 Å². The molecule has 2 atom stereocenters. The third-order valence-corrected chi connectivity index (χ3v) is 5.06. The van der Waals surface area contributed by atoms with Gasteiger partial charge in [0.15, 0.2) is 0 Å². The lowest BCUT2D eigenvalue weighted by molar-refractivity contribution is -0.137. The van der Waals surface area contributed by atoms with Crippen LogP contribution in [0.2, 0.25) is 0 Å². The molecule has 0 radical (unpaired) electrons. The molecule has 0 aromatic rings. The second-order valence-electron chi connectivity index (χ2n) is 3.50. The Kier molecular flexibility index (Phi) is 9.03. The Hall–Kier alpha value is -0.140. The zero-order valence-electron chi connectivity index (χ0n) is 10.0. The maximum Gasteiger partial charge on any atom is 0.303 e. The van der Waals surface area contributed by atoms with Crippen LogP contribution in [0.15, 0.2) is 0 Å². The fraction of sp³-hybridized carbons (Fsp3) is 0.909. The van der Waals surface area contributed by atoms with Gasteiger partial charge < -0.3 is 9.63 Å². The van der Waals surface area contributed by atoms with E-state index in [0.29, 0.717) is 5.66 Å². The molecule has 90 valence electrons. The van der Waals surface area contributed by atoms with Crippen molar-refractivity contribution < 1.29 is 14.4 Å². The van der Waals surface area contributed by atoms with Crippen LogP contribution in [0.3, 0.4) is 0 Å². The summed E-state index contributed by atoms with van der Waals surface area (Å²) in [5.41, 5.74) is 0.573. The average Bonchev–Trinajstić information content (AvgIpc) is 2.21. The van der Waals surface area contributed by atoms with Gasteiger partial charge in [0.2, 0.25) is 0 Å². The van der Waals surface area contributed by atoms with E-state index in [4.69, 9.17) is 9.63 Å². The first-order valence-electron chi connectivity index (χ1n) is 5.76. The van der Waals surface area contributed by atoms with E-state index in [9.17, 15) is 4.79 Å². The van der Waals surface area contributed by atoms with Crippen LogP contribution in [0, 0.1) is 0 Å². The number of rotatable bonds is 9. The van der Waals surface area contributed by atoms with Crippen molar-refractivity contribution >= 4 is 14.1 Å². The highest BCUT2D eigenvalue weighted by Crippen LogP contribution is 2.45. The van der Waals surface area contributed by atoms with Gasteiger partial charge in [0.05, 0.1) is 0 Å². The largest absolute Gasteiger partial charge is 0.481 e. The minimum Gasteiger partial charge on any atom is -0.481 e. The third kappa shape index (κ3) is 6.86. The van der Waals surface area contributed by atoms with Gasteiger partial charge in [0.1, 0.15) is 0 Å². The molecular formula is C11H23O3P. The van der Waals surface area contributed by atoms with Crippen molar-refractivity contribution in [1.29, 1.82) is 0 Å². The van der Waals surface area contributed by atoms with Crippen LogP contribution in [0.25, 0.3) is 0 Å². The molecule has 0 heterocycles. The number of carbonyl (C=O) groups is 1. The highest BCUT2D eigenvalue weighted by Gasteiger charge is 2.18. The van der Waals surface area contributed by atoms with Crippen molar-refractivity contribution in [3.05, 3.63) is 0 Å². The summed E-state index contributed by atoms with van der Waals surface area (Å²) in [4.78, 5) is 10.4. The van der Waals surface area contributed by atoms with Crippen LogP contribution < -0.4 is 0 Å². The zero-order chi connectivity index (χ0) is 11.7. The van der Waals surface area contributed by atoms with Crippen LogP contribution in [0.1, 0.15) is 46.5 Å². The number of hydrogen-bond acceptors (Lipinski definition) is 2. The van der Waals surface area contributed by atoms with Crippen LogP contribution in [-0.4, -0.2) is 29.5 Å². The average molecular weight is 234 g/mol. The monoisotopic (exact) mass is 234 g/mol. The van der Waals surface area contributed by atoms with E-state index < -0.39 is 5.97 Å². The molecule has 0 fully saturated rings. The highest BCUT2D eigenvalue weighted by molar-refractivity contribution is 7.53. The maximum atomic E-state index is 10.4. The summed E-state index contributed by atoms with van der Waals surface area (Å²) in [7, 11) is -0.346. The number of carboxylic acids is 1. The zero-order valence-corrected chi connectivity index (χ0v) is 10.9. The lowest BCUT2D eigenvalue weighted by Gasteiger charge is -2.24. The Morgan fingerprint density at radius 1 is 1.40 bits per heavy atom. The number of aliphatic carboxylic acids is 1. The van der Waals surface area contributed by atoms with Gasteiger partial charge in [0.25, 0.3) is 0 Å². The topological polar surface area (TPSA) is 46.5 Å². The number of carboxylic acid groups (broad SMARTS) is 1. The van der Waals surface area contributed by atoms with Gasteiger partial charge in [-0.15, -0.1) is 0 Å². The predicted molar refractivity (Wildman–Crippen MR) is 64.7 cm³/mol. The molecule has 4 heteroatoms. The lowest BCUT2D eigenvalue weighted by Crippen LogP contribution is -2.09. The van der Waals surface area contributed by atoms with Crippen LogP contribution >= 0.6 is 8.15 Å². The smallest absolute Gasteiger partial charge is 0.303 e. The molecule has 0 saturated carbocycles. The fourth-order valence-electron chi connectivity index (χ4n) is 1.66. The second-order valence-corrected chi connectivity index (χ2v) is 5.95. The molecule has 1 N–H and O–H groups in total. The summed E-state index contributed by atoms with van der Waals surface area (Å²) in [6, 6.07) is 0. The van der Waals surface area contributed by atoms with Crippen molar-refractivity contribution in [2.75, 3.05) is 12.8 Å². The van der Waals surface area contributed by atoms with E-state index in [-0.39, 0.29) is 14.6 Å². The molecule has 3 nitrogen and oxygen atoms in total. The van der Waals surface area contributed by atoms with Gasteiger partial charge in [-0.05, 0) is 32.3 Å². The third-order valence-electron chi connectivity index (χ3n) is 2.41. The van der Waals surface area contributed by atoms with Crippen molar-refractivity contribution in [1.82, 2.24) is 0 Å². The Bertz CT molecular complexity index is 173. The lowest BCUT2D eigenvalue weighted by atomic mass is 10.1. The van der Waals surface area contributed by atoms with E-state index in [2.05, 4.69) is 13.8 Å². The van der Waals surface area contributed by atoms with E-state index in [1.54, 1.807) is 0 Å². The van der Waals surface area contributed by atoms with Gasteiger partial charge in [-0.25, -0.2) is 0 Å². The molecule has 0 spiro atoms. The molecule has 0 aliphatic heterocycles. The first kappa shape index (κ1) is 14.9. The van der Waals surface area contributed by atoms with Crippen LogP contribution in [0.4, 0.5) is 0 Å². The molecule has 0 aromatic carbocycles. The summed E-state index contributed by atoms with van der Waals surface area (Å²) >= 11 is 0. The summed E-state index contributed by atoms with van der Waals surface area (Å²) in [5, 5.41) is 8.57. The molecule has 0 aliphatic rings. The Balaban J connectivity index is 3.91. The molecule has 0 amide bonds. The Morgan fingerprint density at radius 3 is 2.47 bits per heavy atom. The molecule has 0 aromatic heterocycles. The molecule has 0 saturated heterocycles. The quantitative estimate of drug-likeness (QED) is 0.621. The van der Waals surface area contributed by atoms with Gasteiger partial charge in [-0.2, -0.15) is 0 Å². The number of hydrogen-bond donors (Lipinski definition) is 1. The minimum atomic E-state index is -0.693. The van der Waals surface area contributed by atoms with E-state index in [1.807, 2.05) is 6.92 Å². The van der Waals surface area contributed by atoms with Crippen molar-refractivity contribution in [3.8, 4) is 0 Å². The van der Waals surface area contributed by atoms with Crippen molar-refractivity contribution in [2.24, 2.45) is 0 Å². The maximum absolute atomic E-state index is 10.4. The molecule has 0 bridgehead atoms. The SMILES string of the molecule is CCOP(CC)C(CC)CCCC(=O)O. The van der Waals surface area contributed by atoms with Crippen molar-refractivity contribution in [3.63, 3.8) is 0 Å². The molecule has 2 unspecified atom stereocenters. The van der Waals surface area contributed by atoms with E-state index in [1.165, 1.54) is 0 Å². The van der Waals surface area contributed by atoms with E-state index >= 15 is 0 Å². The summed E-state index contributed by atoms with van der Waals surface area (Å²) in [6.07, 6.45) is 4.23. The van der Waals surface area contributed by atoms with E-state index in [0.717, 1.165) is 32.0 Å². The van der Waals surface area contributed by atoms with Gasteiger partial charge in [0, 0.05) is 26.8 Å². The molecule has 0 rings (SSSR count). The minimum absolute atomic E-state index is 0.287. The predicted octanol–water partition coefficient (Wildman–Crippen LogP) is 3.47. The standard InChI is InChI=1S/C11H23O3P/c1-4-10(8-7-9-11(12)13)15(6-3)14-5-2/h10H,4-9H2,1-3H3,(H,12,13). The first-order chi connectivity index (χ1) is 7.15. The Morgan fingerprint density at radius 2 is 2.07 bits per heavy atom. The Labute approximate surface area is 94.0 Å². The summed E-state index contributed by atoms with van der Waals surface area (Å²) in [6.45, 7) is 7.11.